The fourth-order valence-corrected chi connectivity index (χ4v) is 8.82. The Morgan fingerprint density at radius 3 is 1.29 bits per heavy atom. The molecule has 0 aliphatic carbocycles. The average Bonchev–Trinajstić information content (AvgIpc) is 4.09. The smallest absolute Gasteiger partial charge is 0.231 e. The van der Waals surface area contributed by atoms with Crippen LogP contribution in [0.3, 0.4) is 0 Å². The van der Waals surface area contributed by atoms with Gasteiger partial charge in [-0.1, -0.05) is 83.9 Å². The quantitative estimate of drug-likeness (QED) is 0.169. The number of aliphatic imine (C=N–C) groups is 2. The summed E-state index contributed by atoms with van der Waals surface area (Å²) in [5.41, 5.74) is 11.5. The number of ether oxygens (including phenoxy) is 4. The van der Waals surface area contributed by atoms with E-state index in [1.165, 1.54) is 0 Å². The molecule has 12 nitrogen and oxygen atoms in total. The zero-order valence-corrected chi connectivity index (χ0v) is 37.4. The summed E-state index contributed by atoms with van der Waals surface area (Å²) in [5.74, 6) is 4.74. The highest BCUT2D eigenvalue weighted by Gasteiger charge is 2.29. The number of nitrogens with zero attached hydrogens (tertiary/aromatic N) is 6. The van der Waals surface area contributed by atoms with Crippen LogP contribution >= 0.6 is 23.2 Å². The Morgan fingerprint density at radius 1 is 0.485 bits per heavy atom. The Labute approximate surface area is 391 Å². The van der Waals surface area contributed by atoms with Gasteiger partial charge >= 0.3 is 0 Å². The molecule has 0 saturated carbocycles. The fraction of sp³-hybridized carbons (Fsp3) is 0.154. The average molecular weight is 914 g/mol. The molecule has 0 bridgehead atoms. The monoisotopic (exact) mass is 912 g/mol. The number of aromatic nitrogens is 4. The van der Waals surface area contributed by atoms with Gasteiger partial charge in [0.05, 0.1) is 46.3 Å². The molecule has 6 aromatic carbocycles. The molecule has 66 heavy (non-hydrogen) atoms. The molecule has 0 radical (unpaired) electrons. The lowest BCUT2D eigenvalue weighted by Crippen LogP contribution is -2.16. The molecule has 6 heterocycles. The molecular weight excluding hydrogens is 872 g/mol. The van der Waals surface area contributed by atoms with Gasteiger partial charge in [0.1, 0.15) is 11.4 Å². The lowest BCUT2D eigenvalue weighted by Gasteiger charge is -2.20. The van der Waals surface area contributed by atoms with Crippen molar-refractivity contribution in [3.63, 3.8) is 0 Å². The van der Waals surface area contributed by atoms with E-state index in [4.69, 9.17) is 62.3 Å². The number of aryl methyl sites for hydroxylation is 2. The number of anilines is 2. The van der Waals surface area contributed by atoms with E-state index in [9.17, 15) is 0 Å². The summed E-state index contributed by atoms with van der Waals surface area (Å²) in [7, 11) is 0. The van der Waals surface area contributed by atoms with Crippen LogP contribution in [0.4, 0.5) is 23.0 Å². The first-order valence-corrected chi connectivity index (χ1v) is 22.4. The van der Waals surface area contributed by atoms with Crippen LogP contribution in [0, 0.1) is 13.8 Å². The van der Waals surface area contributed by atoms with E-state index < -0.39 is 0 Å². The molecule has 0 spiro atoms. The fourth-order valence-electron chi connectivity index (χ4n) is 8.57. The molecule has 2 aromatic heterocycles. The maximum Gasteiger partial charge on any atom is 0.231 e. The van der Waals surface area contributed by atoms with Crippen LogP contribution in [0.5, 0.6) is 23.0 Å². The molecule has 2 N–H and O–H groups in total. The van der Waals surface area contributed by atoms with Crippen LogP contribution in [0.25, 0.3) is 11.4 Å². The molecule has 2 atom stereocenters. The number of hydrogen-bond donors (Lipinski definition) is 2. The van der Waals surface area contributed by atoms with Gasteiger partial charge in [-0.2, -0.15) is 10.2 Å². The van der Waals surface area contributed by atoms with Crippen LogP contribution in [0.2, 0.25) is 10.0 Å². The number of nitrogens with one attached hydrogen (secondary N) is 2. The minimum atomic E-state index is -0.0220. The van der Waals surface area contributed by atoms with Crippen molar-refractivity contribution in [2.45, 2.75) is 38.8 Å². The van der Waals surface area contributed by atoms with Gasteiger partial charge in [-0.25, -0.2) is 19.3 Å². The van der Waals surface area contributed by atoms with E-state index in [2.05, 4.69) is 34.9 Å². The second-order valence-electron chi connectivity index (χ2n) is 16.2. The van der Waals surface area contributed by atoms with Crippen LogP contribution in [0.1, 0.15) is 58.6 Å². The standard InChI is InChI=1S/2C26H21ClN4O2/c2*1-16-25-26(31(30-16)20-5-3-2-4-6-20)29-21(17-7-10-19(27)11-8-17)14-22(28-25)18-9-12-23-24(13-18)33-15-32-23/h2*2-13,21,29H,14-15H2,1H3/t2*21-/m10/s1. The first-order chi connectivity index (χ1) is 32.3. The molecule has 12 rings (SSSR count). The Kier molecular flexibility index (Phi) is 10.9. The minimum absolute atomic E-state index is 0.0220. The molecular formula is C52H42Cl2N8O4. The second kappa shape index (κ2) is 17.4. The van der Waals surface area contributed by atoms with Crippen molar-refractivity contribution >= 4 is 57.6 Å². The van der Waals surface area contributed by atoms with Gasteiger partial charge in [0.25, 0.3) is 0 Å². The lowest BCUT2D eigenvalue weighted by molar-refractivity contribution is 0.173. The van der Waals surface area contributed by atoms with Crippen LogP contribution < -0.4 is 29.6 Å². The highest BCUT2D eigenvalue weighted by molar-refractivity contribution is 6.30. The summed E-state index contributed by atoms with van der Waals surface area (Å²) in [4.78, 5) is 10.2. The highest BCUT2D eigenvalue weighted by Crippen LogP contribution is 2.43. The van der Waals surface area contributed by atoms with Gasteiger partial charge in [-0.3, -0.25) is 0 Å². The molecule has 4 aliphatic rings. The summed E-state index contributed by atoms with van der Waals surface area (Å²) >= 11 is 12.3. The summed E-state index contributed by atoms with van der Waals surface area (Å²) in [6, 6.07) is 48.0. The number of para-hydroxylation sites is 2. The van der Waals surface area contributed by atoms with E-state index in [-0.39, 0.29) is 25.7 Å². The van der Waals surface area contributed by atoms with E-state index >= 15 is 0 Å². The van der Waals surface area contributed by atoms with Crippen molar-refractivity contribution in [3.8, 4) is 34.4 Å². The van der Waals surface area contributed by atoms with Gasteiger partial charge in [0.2, 0.25) is 13.6 Å². The normalized spacial score (nSPS) is 16.5. The van der Waals surface area contributed by atoms with Crippen LogP contribution in [-0.2, 0) is 0 Å². The van der Waals surface area contributed by atoms with E-state index in [1.807, 2.05) is 145 Å². The zero-order valence-electron chi connectivity index (χ0n) is 35.9. The van der Waals surface area contributed by atoms with Gasteiger partial charge in [-0.15, -0.1) is 0 Å². The third-order valence-corrected chi connectivity index (χ3v) is 12.4. The largest absolute Gasteiger partial charge is 0.454 e. The minimum Gasteiger partial charge on any atom is -0.454 e. The van der Waals surface area contributed by atoms with Crippen molar-refractivity contribution in [3.05, 3.63) is 189 Å². The van der Waals surface area contributed by atoms with Gasteiger partial charge < -0.3 is 29.6 Å². The number of halogens is 2. The molecule has 14 heteroatoms. The van der Waals surface area contributed by atoms with Gasteiger partial charge in [-0.05, 0) is 121 Å². The number of hydrogen-bond acceptors (Lipinski definition) is 10. The topological polar surface area (TPSA) is 121 Å². The number of fused-ring (bicyclic) bond motifs is 4. The third-order valence-electron chi connectivity index (χ3n) is 11.9. The van der Waals surface area contributed by atoms with Gasteiger partial charge in [0, 0.05) is 22.9 Å². The number of rotatable bonds is 6. The predicted octanol–water partition coefficient (Wildman–Crippen LogP) is 12.5. The second-order valence-corrected chi connectivity index (χ2v) is 17.1. The van der Waals surface area contributed by atoms with Crippen molar-refractivity contribution in [2.24, 2.45) is 9.98 Å². The summed E-state index contributed by atoms with van der Waals surface area (Å²) in [5, 5.41) is 18.5. The third kappa shape index (κ3) is 8.10. The molecule has 4 aliphatic heterocycles. The predicted molar refractivity (Wildman–Crippen MR) is 259 cm³/mol. The summed E-state index contributed by atoms with van der Waals surface area (Å²) in [6.45, 7) is 4.47. The summed E-state index contributed by atoms with van der Waals surface area (Å²) in [6.07, 6.45) is 1.37. The first kappa shape index (κ1) is 41.2. The van der Waals surface area contributed by atoms with E-state index in [0.29, 0.717) is 22.9 Å². The molecule has 0 amide bonds. The molecule has 0 fully saturated rings. The number of benzene rings is 6. The Morgan fingerprint density at radius 2 is 0.879 bits per heavy atom. The molecule has 0 saturated heterocycles. The molecule has 8 aromatic rings. The van der Waals surface area contributed by atoms with Crippen molar-refractivity contribution < 1.29 is 18.9 Å². The Hall–Kier alpha value is -7.54. The Bertz CT molecular complexity index is 2940. The zero-order chi connectivity index (χ0) is 44.7. The molecule has 0 unspecified atom stereocenters. The maximum absolute atomic E-state index is 6.17. The molecule has 328 valence electrons. The van der Waals surface area contributed by atoms with Crippen LogP contribution in [0.15, 0.2) is 156 Å². The highest BCUT2D eigenvalue weighted by atomic mass is 35.5. The van der Waals surface area contributed by atoms with E-state index in [1.54, 1.807) is 0 Å². The first-order valence-electron chi connectivity index (χ1n) is 21.6. The maximum atomic E-state index is 6.17. The summed E-state index contributed by atoms with van der Waals surface area (Å²) < 4.78 is 26.1. The Balaban J connectivity index is 0.000000146. The van der Waals surface area contributed by atoms with Gasteiger partial charge in [0.15, 0.2) is 34.6 Å². The van der Waals surface area contributed by atoms with Crippen molar-refractivity contribution in [2.75, 3.05) is 24.2 Å². The van der Waals surface area contributed by atoms with E-state index in [0.717, 1.165) is 102 Å². The lowest BCUT2D eigenvalue weighted by atomic mass is 9.97. The van der Waals surface area contributed by atoms with Crippen LogP contribution in [-0.4, -0.2) is 44.6 Å². The SMILES string of the molecule is Cc1nn(-c2ccccc2)c2c1N=C(c1ccc3c(c1)OCO3)C[C@@H](c1ccc(Cl)cc1)N2.Cc1nn(-c2ccccc2)c2c1N=C(c1ccc3c(c1)OCO3)C[C@H](c1ccc(Cl)cc1)N2. The van der Waals surface area contributed by atoms with Crippen molar-refractivity contribution in [1.29, 1.82) is 0 Å². The van der Waals surface area contributed by atoms with Crippen molar-refractivity contribution in [1.82, 2.24) is 19.6 Å².